The number of hydrogen-bond acceptors (Lipinski definition) is 9. The lowest BCUT2D eigenvalue weighted by Crippen LogP contribution is -2.45. The van der Waals surface area contributed by atoms with Crippen molar-refractivity contribution >= 4 is 27.5 Å². The van der Waals surface area contributed by atoms with E-state index in [1.165, 1.54) is 41.3 Å². The van der Waals surface area contributed by atoms with Crippen LogP contribution < -0.4 is 35.6 Å². The number of ether oxygens (including phenoxy) is 3. The van der Waals surface area contributed by atoms with Gasteiger partial charge in [-0.15, -0.1) is 0 Å². The average Bonchev–Trinajstić information content (AvgIpc) is 3.18. The molecule has 0 heterocycles. The second-order valence-corrected chi connectivity index (χ2v) is 13.2. The van der Waals surface area contributed by atoms with Crippen molar-refractivity contribution in [3.63, 3.8) is 0 Å². The van der Waals surface area contributed by atoms with Gasteiger partial charge in [0.2, 0.25) is 33.0 Å². The molecule has 2 unspecified atom stereocenters. The van der Waals surface area contributed by atoms with Crippen LogP contribution in [0.3, 0.4) is 0 Å². The van der Waals surface area contributed by atoms with Crippen LogP contribution in [0.5, 0.6) is 17.2 Å². The van der Waals surface area contributed by atoms with Gasteiger partial charge in [0.05, 0.1) is 38.8 Å². The van der Waals surface area contributed by atoms with Gasteiger partial charge in [0, 0.05) is 33.1 Å². The van der Waals surface area contributed by atoms with E-state index in [1.807, 2.05) is 19.9 Å². The number of carbonyl (C=O) groups is 2. The quantitative estimate of drug-likeness (QED) is 0.325. The second kappa shape index (κ2) is 14.1. The Hall–Kier alpha value is -3.84. The van der Waals surface area contributed by atoms with Crippen molar-refractivity contribution < 1.29 is 32.2 Å². The normalized spacial score (nSPS) is 15.1. The summed E-state index contributed by atoms with van der Waals surface area (Å²) < 4.78 is 42.3. The molecule has 13 heteroatoms. The van der Waals surface area contributed by atoms with Gasteiger partial charge in [-0.2, -0.15) is 0 Å². The lowest BCUT2D eigenvalue weighted by molar-refractivity contribution is -0.122. The predicted octanol–water partition coefficient (Wildman–Crippen LogP) is 2.31. The largest absolute Gasteiger partial charge is 0.493 e. The molecule has 0 radical (unpaired) electrons. The van der Waals surface area contributed by atoms with E-state index in [1.54, 1.807) is 19.2 Å². The van der Waals surface area contributed by atoms with Gasteiger partial charge in [-0.1, -0.05) is 19.9 Å². The van der Waals surface area contributed by atoms with Crippen molar-refractivity contribution in [2.45, 2.75) is 45.7 Å². The zero-order chi connectivity index (χ0) is 32.1. The van der Waals surface area contributed by atoms with Gasteiger partial charge in [0.15, 0.2) is 11.5 Å². The fraction of sp³-hybridized carbons (Fsp3) is 0.500. The molecule has 0 spiro atoms. The molecule has 0 fully saturated rings. The number of sulfonamides is 1. The van der Waals surface area contributed by atoms with E-state index in [2.05, 4.69) is 16.0 Å². The van der Waals surface area contributed by atoms with Crippen LogP contribution in [0.2, 0.25) is 0 Å². The molecule has 236 valence electrons. The molecule has 1 aliphatic carbocycles. The van der Waals surface area contributed by atoms with Crippen LogP contribution in [-0.4, -0.2) is 78.3 Å². The summed E-state index contributed by atoms with van der Waals surface area (Å²) in [5.41, 5.74) is 2.65. The highest BCUT2D eigenvalue weighted by molar-refractivity contribution is 7.89. The molecule has 2 atom stereocenters. The van der Waals surface area contributed by atoms with Crippen LogP contribution in [0, 0.1) is 5.92 Å². The summed E-state index contributed by atoms with van der Waals surface area (Å²) >= 11 is 0. The zero-order valence-corrected chi connectivity index (χ0v) is 26.8. The molecule has 43 heavy (non-hydrogen) atoms. The van der Waals surface area contributed by atoms with E-state index in [0.29, 0.717) is 46.8 Å². The summed E-state index contributed by atoms with van der Waals surface area (Å²) in [5.74, 6) is 0.156. The summed E-state index contributed by atoms with van der Waals surface area (Å²) in [6.45, 7) is 4.99. The number of rotatable bonds is 12. The molecule has 0 saturated heterocycles. The molecular formula is C30H42N4O8S. The van der Waals surface area contributed by atoms with E-state index < -0.39 is 28.0 Å². The highest BCUT2D eigenvalue weighted by atomic mass is 32.2. The first-order valence-electron chi connectivity index (χ1n) is 14.0. The molecule has 0 aliphatic heterocycles. The first kappa shape index (κ1) is 33.7. The maximum Gasteiger partial charge on any atom is 0.242 e. The summed E-state index contributed by atoms with van der Waals surface area (Å²) in [6.07, 6.45) is 1.07. The van der Waals surface area contributed by atoms with Crippen molar-refractivity contribution in [3.05, 3.63) is 45.6 Å². The Morgan fingerprint density at radius 3 is 2.28 bits per heavy atom. The average molecular weight is 619 g/mol. The molecule has 2 amide bonds. The Kier molecular flexibility index (Phi) is 11.0. The number of anilines is 1. The summed E-state index contributed by atoms with van der Waals surface area (Å²) in [4.78, 5) is 39.0. The zero-order valence-electron chi connectivity index (χ0n) is 26.0. The molecule has 0 aromatic heterocycles. The number of carbonyl (C=O) groups excluding carboxylic acids is 2. The van der Waals surface area contributed by atoms with E-state index in [9.17, 15) is 22.8 Å². The van der Waals surface area contributed by atoms with Crippen LogP contribution in [0.4, 0.5) is 5.69 Å². The Balaban J connectivity index is 2.12. The van der Waals surface area contributed by atoms with Gasteiger partial charge < -0.3 is 30.2 Å². The first-order valence-corrected chi connectivity index (χ1v) is 15.6. The minimum atomic E-state index is -3.49. The summed E-state index contributed by atoms with van der Waals surface area (Å²) in [6, 6.07) is 5.42. The van der Waals surface area contributed by atoms with Crippen LogP contribution in [0.25, 0.3) is 11.1 Å². The molecular weight excluding hydrogens is 576 g/mol. The van der Waals surface area contributed by atoms with Gasteiger partial charge in [-0.3, -0.25) is 14.4 Å². The molecule has 0 bridgehead atoms. The molecule has 2 aromatic rings. The van der Waals surface area contributed by atoms with Crippen molar-refractivity contribution in [3.8, 4) is 28.4 Å². The number of aryl methyl sites for hydroxylation is 1. The van der Waals surface area contributed by atoms with E-state index in [0.717, 1.165) is 9.87 Å². The molecule has 3 rings (SSSR count). The third kappa shape index (κ3) is 7.57. The van der Waals surface area contributed by atoms with Gasteiger partial charge >= 0.3 is 0 Å². The predicted molar refractivity (Wildman–Crippen MR) is 165 cm³/mol. The molecule has 2 aromatic carbocycles. The fourth-order valence-electron chi connectivity index (χ4n) is 5.13. The van der Waals surface area contributed by atoms with E-state index in [4.69, 9.17) is 14.2 Å². The number of benzene rings is 1. The molecule has 3 N–H and O–H groups in total. The molecule has 0 saturated carbocycles. The lowest BCUT2D eigenvalue weighted by Gasteiger charge is -2.22. The topological polar surface area (TPSA) is 152 Å². The number of amides is 2. The summed E-state index contributed by atoms with van der Waals surface area (Å²) in [5, 5.41) is 8.71. The van der Waals surface area contributed by atoms with Crippen LogP contribution in [0.15, 0.2) is 29.1 Å². The van der Waals surface area contributed by atoms with Crippen LogP contribution in [0.1, 0.15) is 44.4 Å². The lowest BCUT2D eigenvalue weighted by atomic mass is 9.95. The standard InChI is InChI=1S/C30H42N4O8S/c1-17(2)27(30(37)31-13-14-43(38,39)34(4)5)33-23-12-10-20-21(16-24(23)36)22(32-18(3)35)11-9-19-15-25(40-6)28(41-7)29(42-8)26(19)20/h10,12,15-17,22,27H,9,11,13-14H2,1-8H3,(H,31,37)(H,32,35)(H,33,36). The van der Waals surface area contributed by atoms with Gasteiger partial charge in [-0.05, 0) is 53.6 Å². The Morgan fingerprint density at radius 1 is 1.05 bits per heavy atom. The Bertz CT molecular complexity index is 1530. The smallest absolute Gasteiger partial charge is 0.242 e. The van der Waals surface area contributed by atoms with Gasteiger partial charge in [0.1, 0.15) is 6.04 Å². The number of fused-ring (bicyclic) bond motifs is 3. The summed E-state index contributed by atoms with van der Waals surface area (Å²) in [7, 11) is 3.95. The van der Waals surface area contributed by atoms with Crippen molar-refractivity contribution in [1.82, 2.24) is 14.9 Å². The van der Waals surface area contributed by atoms with Crippen LogP contribution >= 0.6 is 0 Å². The Morgan fingerprint density at radius 2 is 1.72 bits per heavy atom. The van der Waals surface area contributed by atoms with Crippen LogP contribution in [-0.2, 0) is 26.0 Å². The maximum absolute atomic E-state index is 13.7. The maximum atomic E-state index is 13.7. The second-order valence-electron chi connectivity index (χ2n) is 10.9. The SMILES string of the molecule is COc1cc2c(c(OC)c1OC)-c1ccc(NC(C(=O)NCCS(=O)(=O)N(C)C)C(C)C)c(=O)cc1C(NC(C)=O)CC2. The molecule has 12 nitrogen and oxygen atoms in total. The Labute approximate surface area is 253 Å². The minimum absolute atomic E-state index is 0.0778. The monoisotopic (exact) mass is 618 g/mol. The first-order chi connectivity index (χ1) is 20.2. The third-order valence-corrected chi connectivity index (χ3v) is 9.22. The highest BCUT2D eigenvalue weighted by Crippen LogP contribution is 2.50. The van der Waals surface area contributed by atoms with Crippen molar-refractivity contribution in [2.75, 3.05) is 53.0 Å². The fourth-order valence-corrected chi connectivity index (χ4v) is 5.85. The molecule has 1 aliphatic rings. The van der Waals surface area contributed by atoms with Crippen molar-refractivity contribution in [2.24, 2.45) is 5.92 Å². The van der Waals surface area contributed by atoms with Gasteiger partial charge in [0.25, 0.3) is 0 Å². The number of nitrogens with zero attached hydrogens (tertiary/aromatic N) is 1. The van der Waals surface area contributed by atoms with E-state index in [-0.39, 0.29) is 35.2 Å². The van der Waals surface area contributed by atoms with Crippen molar-refractivity contribution in [1.29, 1.82) is 0 Å². The van der Waals surface area contributed by atoms with E-state index >= 15 is 0 Å². The number of methoxy groups -OCH3 is 3. The van der Waals surface area contributed by atoms with Gasteiger partial charge in [-0.25, -0.2) is 12.7 Å². The minimum Gasteiger partial charge on any atom is -0.493 e. The highest BCUT2D eigenvalue weighted by Gasteiger charge is 2.30. The number of nitrogens with one attached hydrogen (secondary N) is 3. The number of hydrogen-bond donors (Lipinski definition) is 3. The third-order valence-electron chi connectivity index (χ3n) is 7.39.